The fourth-order valence-electron chi connectivity index (χ4n) is 0.391. The number of hydrogen-bond acceptors (Lipinski definition) is 3. The lowest BCUT2D eigenvalue weighted by Gasteiger charge is -2.05. The number of carboxylic acid groups (broad SMARTS) is 1. The monoisotopic (exact) mass is 160 g/mol. The maximum atomic E-state index is 10.5. The molecular weight excluding hydrogens is 148 g/mol. The van der Waals surface area contributed by atoms with Gasteiger partial charge in [-0.3, -0.25) is 9.59 Å². The van der Waals surface area contributed by atoms with Gasteiger partial charge in [0.1, 0.15) is 6.61 Å². The summed E-state index contributed by atoms with van der Waals surface area (Å²) in [7, 11) is 0. The first kappa shape index (κ1) is 9.94. The molecule has 0 aromatic carbocycles. The minimum atomic E-state index is -0.950. The van der Waals surface area contributed by atoms with Gasteiger partial charge >= 0.3 is 11.9 Å². The quantitative estimate of drug-likeness (QED) is 0.613. The summed E-state index contributed by atoms with van der Waals surface area (Å²) in [5, 5.41) is 8.38. The van der Waals surface area contributed by atoms with Crippen LogP contribution in [0.2, 0.25) is 0 Å². The van der Waals surface area contributed by atoms with Crippen molar-refractivity contribution in [3.63, 3.8) is 0 Å². The Kier molecular flexibility index (Phi) is 4.26. The topological polar surface area (TPSA) is 63.6 Å². The van der Waals surface area contributed by atoms with Gasteiger partial charge in [-0.1, -0.05) is 6.92 Å². The van der Waals surface area contributed by atoms with Crippen molar-refractivity contribution in [1.82, 2.24) is 0 Å². The second-order valence-electron chi connectivity index (χ2n) is 2.28. The van der Waals surface area contributed by atoms with Crippen molar-refractivity contribution in [2.24, 2.45) is 5.92 Å². The first-order valence-corrected chi connectivity index (χ1v) is 3.46. The van der Waals surface area contributed by atoms with Crippen molar-refractivity contribution in [2.45, 2.75) is 20.3 Å². The fourth-order valence-corrected chi connectivity index (χ4v) is 0.391. The number of hydrogen-bond donors (Lipinski definition) is 1. The first-order chi connectivity index (χ1) is 5.07. The molecule has 0 radical (unpaired) electrons. The molecule has 0 aliphatic carbocycles. The molecular formula is C7H12O4. The van der Waals surface area contributed by atoms with E-state index in [1.807, 2.05) is 0 Å². The third kappa shape index (κ3) is 4.36. The van der Waals surface area contributed by atoms with E-state index in [4.69, 9.17) is 5.11 Å². The van der Waals surface area contributed by atoms with Crippen LogP contribution >= 0.6 is 0 Å². The molecule has 0 saturated heterocycles. The average molecular weight is 160 g/mol. The molecule has 64 valence electrons. The molecule has 0 heterocycles. The van der Waals surface area contributed by atoms with Crippen molar-refractivity contribution < 1.29 is 19.4 Å². The van der Waals surface area contributed by atoms with Gasteiger partial charge in [0, 0.05) is 6.42 Å². The number of carboxylic acids is 1. The van der Waals surface area contributed by atoms with Gasteiger partial charge in [0.25, 0.3) is 0 Å². The van der Waals surface area contributed by atoms with E-state index in [0.29, 0.717) is 0 Å². The SMILES string of the molecule is CCC(=O)OC[C@H](C)C(=O)O. The molecule has 0 aromatic rings. The van der Waals surface area contributed by atoms with E-state index in [9.17, 15) is 9.59 Å². The van der Waals surface area contributed by atoms with Crippen molar-refractivity contribution >= 4 is 11.9 Å². The molecule has 4 heteroatoms. The zero-order chi connectivity index (χ0) is 8.85. The van der Waals surface area contributed by atoms with Crippen LogP contribution in [0.15, 0.2) is 0 Å². The van der Waals surface area contributed by atoms with Crippen LogP contribution in [-0.2, 0) is 14.3 Å². The zero-order valence-electron chi connectivity index (χ0n) is 6.66. The van der Waals surface area contributed by atoms with Crippen LogP contribution in [0.3, 0.4) is 0 Å². The Morgan fingerprint density at radius 1 is 1.55 bits per heavy atom. The van der Waals surface area contributed by atoms with Crippen LogP contribution in [0.25, 0.3) is 0 Å². The summed E-state index contributed by atoms with van der Waals surface area (Å²) in [5.41, 5.74) is 0. The van der Waals surface area contributed by atoms with Crippen LogP contribution in [0.5, 0.6) is 0 Å². The molecule has 4 nitrogen and oxygen atoms in total. The first-order valence-electron chi connectivity index (χ1n) is 3.46. The largest absolute Gasteiger partial charge is 0.481 e. The summed E-state index contributed by atoms with van der Waals surface area (Å²) in [6, 6.07) is 0. The van der Waals surface area contributed by atoms with Gasteiger partial charge < -0.3 is 9.84 Å². The lowest BCUT2D eigenvalue weighted by molar-refractivity contribution is -0.150. The summed E-state index contributed by atoms with van der Waals surface area (Å²) in [4.78, 5) is 20.7. The van der Waals surface area contributed by atoms with Gasteiger partial charge in [-0.05, 0) is 6.92 Å². The Morgan fingerprint density at radius 3 is 2.45 bits per heavy atom. The van der Waals surface area contributed by atoms with E-state index in [0.717, 1.165) is 0 Å². The number of rotatable bonds is 4. The van der Waals surface area contributed by atoms with E-state index in [-0.39, 0.29) is 19.0 Å². The van der Waals surface area contributed by atoms with Crippen LogP contribution in [0.1, 0.15) is 20.3 Å². The fraction of sp³-hybridized carbons (Fsp3) is 0.714. The molecule has 0 saturated carbocycles. The third-order valence-corrected chi connectivity index (χ3v) is 1.20. The van der Waals surface area contributed by atoms with Crippen molar-refractivity contribution in [1.29, 1.82) is 0 Å². The smallest absolute Gasteiger partial charge is 0.309 e. The Labute approximate surface area is 65.2 Å². The molecule has 0 aliphatic rings. The Bertz CT molecular complexity index is 153. The number of carbonyl (C=O) groups is 2. The van der Waals surface area contributed by atoms with Gasteiger partial charge in [0.2, 0.25) is 0 Å². The molecule has 0 rings (SSSR count). The highest BCUT2D eigenvalue weighted by Gasteiger charge is 2.12. The Balaban J connectivity index is 3.54. The van der Waals surface area contributed by atoms with Crippen LogP contribution in [-0.4, -0.2) is 23.7 Å². The van der Waals surface area contributed by atoms with E-state index in [1.54, 1.807) is 6.92 Å². The average Bonchev–Trinajstić information content (AvgIpc) is 1.99. The van der Waals surface area contributed by atoms with Gasteiger partial charge in [0.15, 0.2) is 0 Å². The van der Waals surface area contributed by atoms with Gasteiger partial charge in [-0.15, -0.1) is 0 Å². The van der Waals surface area contributed by atoms with Crippen molar-refractivity contribution in [3.05, 3.63) is 0 Å². The molecule has 0 spiro atoms. The molecule has 0 bridgehead atoms. The maximum Gasteiger partial charge on any atom is 0.309 e. The van der Waals surface area contributed by atoms with Gasteiger partial charge in [0.05, 0.1) is 5.92 Å². The molecule has 0 aliphatic heterocycles. The molecule has 11 heavy (non-hydrogen) atoms. The second-order valence-corrected chi connectivity index (χ2v) is 2.28. The van der Waals surface area contributed by atoms with Crippen LogP contribution < -0.4 is 0 Å². The highest BCUT2D eigenvalue weighted by atomic mass is 16.5. The second kappa shape index (κ2) is 4.71. The third-order valence-electron chi connectivity index (χ3n) is 1.20. The highest BCUT2D eigenvalue weighted by Crippen LogP contribution is 1.96. The van der Waals surface area contributed by atoms with E-state index >= 15 is 0 Å². The standard InChI is InChI=1S/C7H12O4/c1-3-6(8)11-4-5(2)7(9)10/h5H,3-4H2,1-2H3,(H,9,10)/t5-/m0/s1. The van der Waals surface area contributed by atoms with E-state index in [1.165, 1.54) is 6.92 Å². The zero-order valence-corrected chi connectivity index (χ0v) is 6.66. The summed E-state index contributed by atoms with van der Waals surface area (Å²) in [6.45, 7) is 3.11. The molecule has 1 atom stereocenters. The van der Waals surface area contributed by atoms with Crippen molar-refractivity contribution in [2.75, 3.05) is 6.61 Å². The summed E-state index contributed by atoms with van der Waals surface area (Å²) >= 11 is 0. The molecule has 0 unspecified atom stereocenters. The summed E-state index contributed by atoms with van der Waals surface area (Å²) in [5.74, 6) is -1.93. The number of esters is 1. The number of aliphatic carboxylic acids is 1. The van der Waals surface area contributed by atoms with Crippen molar-refractivity contribution in [3.8, 4) is 0 Å². The summed E-state index contributed by atoms with van der Waals surface area (Å²) < 4.78 is 4.59. The predicted octanol–water partition coefficient (Wildman–Crippen LogP) is 0.660. The maximum absolute atomic E-state index is 10.5. The van der Waals surface area contributed by atoms with Crippen LogP contribution in [0, 0.1) is 5.92 Å². The van der Waals surface area contributed by atoms with Gasteiger partial charge in [-0.25, -0.2) is 0 Å². The van der Waals surface area contributed by atoms with Gasteiger partial charge in [-0.2, -0.15) is 0 Å². The Hall–Kier alpha value is -1.06. The molecule has 0 amide bonds. The van der Waals surface area contributed by atoms with E-state index in [2.05, 4.69) is 4.74 Å². The minimum absolute atomic E-state index is 0.0397. The minimum Gasteiger partial charge on any atom is -0.481 e. The number of ether oxygens (including phenoxy) is 1. The lowest BCUT2D eigenvalue weighted by atomic mass is 10.2. The predicted molar refractivity (Wildman–Crippen MR) is 38.0 cm³/mol. The molecule has 1 N–H and O–H groups in total. The normalized spacial score (nSPS) is 12.2. The Morgan fingerprint density at radius 2 is 2.09 bits per heavy atom. The van der Waals surface area contributed by atoms with E-state index < -0.39 is 11.9 Å². The highest BCUT2D eigenvalue weighted by molar-refractivity contribution is 5.71. The lowest BCUT2D eigenvalue weighted by Crippen LogP contribution is -2.18. The summed E-state index contributed by atoms with van der Waals surface area (Å²) in [6.07, 6.45) is 0.284. The van der Waals surface area contributed by atoms with Crippen LogP contribution in [0.4, 0.5) is 0 Å². The molecule has 0 aromatic heterocycles. The molecule has 0 fully saturated rings. The number of carbonyl (C=O) groups excluding carboxylic acids is 1.